The fourth-order valence-electron chi connectivity index (χ4n) is 3.14. The second-order valence-electron chi connectivity index (χ2n) is 7.36. The van der Waals surface area contributed by atoms with E-state index in [1.165, 1.54) is 0 Å². The third-order valence-corrected chi connectivity index (χ3v) is 4.81. The van der Waals surface area contributed by atoms with Crippen molar-refractivity contribution in [2.75, 3.05) is 5.32 Å². The molecule has 0 bridgehead atoms. The van der Waals surface area contributed by atoms with Crippen LogP contribution in [0, 0.1) is 6.92 Å². The summed E-state index contributed by atoms with van der Waals surface area (Å²) in [7, 11) is 1.98. The molecule has 0 unspecified atom stereocenters. The van der Waals surface area contributed by atoms with E-state index >= 15 is 0 Å². The molecule has 1 N–H and O–H groups in total. The molecular weight excluding hydrogens is 378 g/mol. The van der Waals surface area contributed by atoms with Crippen molar-refractivity contribution in [1.82, 2.24) is 19.5 Å². The van der Waals surface area contributed by atoms with E-state index in [0.717, 1.165) is 33.7 Å². The molecule has 0 spiro atoms. The van der Waals surface area contributed by atoms with Gasteiger partial charge in [0.25, 0.3) is 5.91 Å². The van der Waals surface area contributed by atoms with Crippen molar-refractivity contribution < 1.29 is 9.53 Å². The van der Waals surface area contributed by atoms with Gasteiger partial charge in [-0.05, 0) is 51.1 Å². The van der Waals surface area contributed by atoms with E-state index in [0.29, 0.717) is 5.56 Å². The Labute approximate surface area is 174 Å². The number of aryl methyl sites for hydroxylation is 1. The lowest BCUT2D eigenvalue weighted by atomic mass is 10.1. The van der Waals surface area contributed by atoms with Crippen molar-refractivity contribution in [2.24, 2.45) is 7.05 Å². The Hall–Kier alpha value is -3.74. The van der Waals surface area contributed by atoms with Crippen LogP contribution in [-0.4, -0.2) is 31.5 Å². The second-order valence-corrected chi connectivity index (χ2v) is 7.36. The van der Waals surface area contributed by atoms with Crippen LogP contribution in [0.25, 0.3) is 22.2 Å². The van der Waals surface area contributed by atoms with Crippen molar-refractivity contribution in [2.45, 2.75) is 26.9 Å². The summed E-state index contributed by atoms with van der Waals surface area (Å²) in [6, 6.07) is 12.9. The van der Waals surface area contributed by atoms with Gasteiger partial charge in [-0.15, -0.1) is 0 Å². The Morgan fingerprint density at radius 1 is 1.07 bits per heavy atom. The van der Waals surface area contributed by atoms with Crippen LogP contribution >= 0.6 is 0 Å². The number of rotatable bonds is 5. The Kier molecular flexibility index (Phi) is 5.18. The van der Waals surface area contributed by atoms with Gasteiger partial charge in [-0.3, -0.25) is 10.1 Å². The molecular formula is C23H23N5O2. The Morgan fingerprint density at radius 2 is 1.83 bits per heavy atom. The first-order valence-corrected chi connectivity index (χ1v) is 9.74. The summed E-state index contributed by atoms with van der Waals surface area (Å²) in [5, 5.41) is 3.66. The number of amides is 1. The molecule has 4 rings (SSSR count). The number of carbonyl (C=O) groups excluding carboxylic acids is 1. The standard InChI is InChI=1S/C23H23N5O2/c1-14(2)30-19-9-7-16(8-10-19)22(29)27-23-25-12-18-6-5-17(11-20(18)26-23)21-13-24-15(3)28(21)4/h5-14H,1-4H3,(H,25,26,27,29). The largest absolute Gasteiger partial charge is 0.491 e. The molecule has 2 heterocycles. The summed E-state index contributed by atoms with van der Waals surface area (Å²) in [6.07, 6.45) is 3.62. The van der Waals surface area contributed by atoms with Gasteiger partial charge < -0.3 is 9.30 Å². The van der Waals surface area contributed by atoms with E-state index in [2.05, 4.69) is 20.3 Å². The van der Waals surface area contributed by atoms with E-state index in [1.807, 2.05) is 56.8 Å². The summed E-state index contributed by atoms with van der Waals surface area (Å²) < 4.78 is 7.64. The van der Waals surface area contributed by atoms with Crippen molar-refractivity contribution in [3.05, 3.63) is 66.2 Å². The van der Waals surface area contributed by atoms with Crippen molar-refractivity contribution in [3.63, 3.8) is 0 Å². The minimum absolute atomic E-state index is 0.0795. The molecule has 0 saturated carbocycles. The summed E-state index contributed by atoms with van der Waals surface area (Å²) in [5.74, 6) is 1.64. The maximum Gasteiger partial charge on any atom is 0.258 e. The van der Waals surface area contributed by atoms with Gasteiger partial charge >= 0.3 is 0 Å². The number of carbonyl (C=O) groups is 1. The molecule has 7 nitrogen and oxygen atoms in total. The number of benzene rings is 2. The van der Waals surface area contributed by atoms with Crippen molar-refractivity contribution in [3.8, 4) is 17.0 Å². The van der Waals surface area contributed by atoms with Crippen LogP contribution in [0.5, 0.6) is 5.75 Å². The zero-order chi connectivity index (χ0) is 21.3. The topological polar surface area (TPSA) is 81.9 Å². The number of ether oxygens (including phenoxy) is 1. The Morgan fingerprint density at radius 3 is 2.50 bits per heavy atom. The monoisotopic (exact) mass is 401 g/mol. The number of nitrogens with zero attached hydrogens (tertiary/aromatic N) is 4. The maximum atomic E-state index is 12.6. The second kappa shape index (κ2) is 7.94. The zero-order valence-corrected chi connectivity index (χ0v) is 17.4. The fraction of sp³-hybridized carbons (Fsp3) is 0.217. The molecule has 1 amide bonds. The molecule has 0 radical (unpaired) electrons. The van der Waals surface area contributed by atoms with E-state index in [4.69, 9.17) is 4.74 Å². The molecule has 2 aromatic carbocycles. The van der Waals surface area contributed by atoms with E-state index < -0.39 is 0 Å². The molecule has 0 aliphatic carbocycles. The first-order chi connectivity index (χ1) is 14.4. The quantitative estimate of drug-likeness (QED) is 0.537. The van der Waals surface area contributed by atoms with Crippen LogP contribution in [0.3, 0.4) is 0 Å². The Balaban J connectivity index is 1.57. The highest BCUT2D eigenvalue weighted by Gasteiger charge is 2.11. The van der Waals surface area contributed by atoms with E-state index in [9.17, 15) is 4.79 Å². The number of aromatic nitrogens is 4. The van der Waals surface area contributed by atoms with Gasteiger partial charge in [-0.1, -0.05) is 12.1 Å². The van der Waals surface area contributed by atoms with Gasteiger partial charge in [0.1, 0.15) is 11.6 Å². The predicted octanol–water partition coefficient (Wildman–Crippen LogP) is 4.38. The van der Waals surface area contributed by atoms with Gasteiger partial charge in [-0.2, -0.15) is 0 Å². The number of hydrogen-bond donors (Lipinski definition) is 1. The van der Waals surface area contributed by atoms with Crippen LogP contribution in [0.2, 0.25) is 0 Å². The molecule has 4 aromatic rings. The summed E-state index contributed by atoms with van der Waals surface area (Å²) in [5.41, 5.74) is 3.26. The fourth-order valence-corrected chi connectivity index (χ4v) is 3.14. The number of anilines is 1. The van der Waals surface area contributed by atoms with Crippen molar-refractivity contribution >= 4 is 22.8 Å². The number of nitrogens with one attached hydrogen (secondary N) is 1. The molecule has 30 heavy (non-hydrogen) atoms. The lowest BCUT2D eigenvalue weighted by molar-refractivity contribution is 0.102. The SMILES string of the molecule is Cc1ncc(-c2ccc3cnc(NC(=O)c4ccc(OC(C)C)cc4)nc3c2)n1C. The van der Waals surface area contributed by atoms with Gasteiger partial charge in [0.15, 0.2) is 0 Å². The molecule has 0 aliphatic rings. The van der Waals surface area contributed by atoms with Crippen LogP contribution in [0.4, 0.5) is 5.95 Å². The van der Waals surface area contributed by atoms with Gasteiger partial charge in [-0.25, -0.2) is 15.0 Å². The van der Waals surface area contributed by atoms with E-state index in [1.54, 1.807) is 30.5 Å². The molecule has 0 fully saturated rings. The first-order valence-electron chi connectivity index (χ1n) is 9.74. The molecule has 0 atom stereocenters. The first kappa shape index (κ1) is 19.6. The zero-order valence-electron chi connectivity index (χ0n) is 17.4. The van der Waals surface area contributed by atoms with Gasteiger partial charge in [0.05, 0.1) is 23.5 Å². The number of fused-ring (bicyclic) bond motifs is 1. The smallest absolute Gasteiger partial charge is 0.258 e. The van der Waals surface area contributed by atoms with Crippen molar-refractivity contribution in [1.29, 1.82) is 0 Å². The normalized spacial score (nSPS) is 11.1. The minimum atomic E-state index is -0.274. The van der Waals surface area contributed by atoms with Crippen LogP contribution < -0.4 is 10.1 Å². The minimum Gasteiger partial charge on any atom is -0.491 e. The highest BCUT2D eigenvalue weighted by molar-refractivity contribution is 6.03. The summed E-state index contributed by atoms with van der Waals surface area (Å²) in [6.45, 7) is 5.87. The van der Waals surface area contributed by atoms with Crippen LogP contribution in [0.15, 0.2) is 54.9 Å². The molecule has 2 aromatic heterocycles. The maximum absolute atomic E-state index is 12.6. The average Bonchev–Trinajstić information content (AvgIpc) is 3.06. The molecule has 0 saturated heterocycles. The third kappa shape index (κ3) is 4.00. The summed E-state index contributed by atoms with van der Waals surface area (Å²) in [4.78, 5) is 25.7. The molecule has 0 aliphatic heterocycles. The average molecular weight is 401 g/mol. The molecule has 7 heteroatoms. The highest BCUT2D eigenvalue weighted by Crippen LogP contribution is 2.24. The lowest BCUT2D eigenvalue weighted by Crippen LogP contribution is -2.14. The number of imidazole rings is 1. The third-order valence-electron chi connectivity index (χ3n) is 4.81. The lowest BCUT2D eigenvalue weighted by Gasteiger charge is -2.10. The summed E-state index contributed by atoms with van der Waals surface area (Å²) >= 11 is 0. The van der Waals surface area contributed by atoms with E-state index in [-0.39, 0.29) is 18.0 Å². The predicted molar refractivity (Wildman–Crippen MR) is 117 cm³/mol. The van der Waals surface area contributed by atoms with Crippen LogP contribution in [-0.2, 0) is 7.05 Å². The van der Waals surface area contributed by atoms with Crippen LogP contribution in [0.1, 0.15) is 30.0 Å². The Bertz CT molecular complexity index is 1210. The molecule has 152 valence electrons. The highest BCUT2D eigenvalue weighted by atomic mass is 16.5. The van der Waals surface area contributed by atoms with Gasteiger partial charge in [0, 0.05) is 29.8 Å². The van der Waals surface area contributed by atoms with Gasteiger partial charge in [0.2, 0.25) is 5.95 Å². The number of hydrogen-bond acceptors (Lipinski definition) is 5.